The van der Waals surface area contributed by atoms with E-state index in [0.717, 1.165) is 43.4 Å². The van der Waals surface area contributed by atoms with Gasteiger partial charge in [-0.05, 0) is 55.4 Å². The lowest BCUT2D eigenvalue weighted by atomic mass is 9.99. The molecule has 0 unspecified atom stereocenters. The van der Waals surface area contributed by atoms with Crippen LogP contribution in [0.25, 0.3) is 0 Å². The van der Waals surface area contributed by atoms with E-state index in [4.69, 9.17) is 11.6 Å². The smallest absolute Gasteiger partial charge is 0.173 e. The van der Waals surface area contributed by atoms with Crippen molar-refractivity contribution in [3.05, 3.63) is 40.7 Å². The molecule has 0 radical (unpaired) electrons. The van der Waals surface area contributed by atoms with Crippen LogP contribution in [0.5, 0.6) is 0 Å². The number of hydrogen-bond donors (Lipinski definition) is 0. The molecule has 1 aromatic heterocycles. The van der Waals surface area contributed by atoms with Gasteiger partial charge in [-0.1, -0.05) is 30.7 Å². The molecule has 0 amide bonds. The molecule has 2 aromatic rings. The van der Waals surface area contributed by atoms with Gasteiger partial charge in [0.1, 0.15) is 0 Å². The first-order chi connectivity index (χ1) is 11.9. The van der Waals surface area contributed by atoms with Crippen LogP contribution in [0.3, 0.4) is 0 Å². The first kappa shape index (κ1) is 18.3. The lowest BCUT2D eigenvalue weighted by Crippen LogP contribution is -2.47. The number of benzene rings is 1. The summed E-state index contributed by atoms with van der Waals surface area (Å²) in [4.78, 5) is 4.82. The van der Waals surface area contributed by atoms with Gasteiger partial charge in [-0.2, -0.15) is 0 Å². The fourth-order valence-corrected chi connectivity index (χ4v) is 3.32. The normalized spacial score (nSPS) is 18.4. The number of aromatic nitrogens is 4. The van der Waals surface area contributed by atoms with E-state index in [-0.39, 0.29) is 11.6 Å². The van der Waals surface area contributed by atoms with Crippen molar-refractivity contribution in [2.45, 2.75) is 38.8 Å². The molecule has 25 heavy (non-hydrogen) atoms. The number of halogens is 1. The highest BCUT2D eigenvalue weighted by Gasteiger charge is 2.33. The molecule has 1 saturated heterocycles. The SMILES string of the molecule is CCC(C)(C)n1nnnc1[C@H](c1ccc(Cl)cc1)N1CCN(C)CC1. The molecule has 7 heteroatoms. The van der Waals surface area contributed by atoms with Crippen LogP contribution in [0.2, 0.25) is 5.02 Å². The van der Waals surface area contributed by atoms with Gasteiger partial charge < -0.3 is 4.90 Å². The Morgan fingerprint density at radius 2 is 1.76 bits per heavy atom. The Balaban J connectivity index is 2.03. The summed E-state index contributed by atoms with van der Waals surface area (Å²) >= 11 is 6.11. The molecule has 6 nitrogen and oxygen atoms in total. The lowest BCUT2D eigenvalue weighted by Gasteiger charge is -2.38. The predicted molar refractivity (Wildman–Crippen MR) is 99.8 cm³/mol. The Kier molecular flexibility index (Phi) is 5.41. The van der Waals surface area contributed by atoms with Crippen molar-refractivity contribution in [1.82, 2.24) is 30.0 Å². The summed E-state index contributed by atoms with van der Waals surface area (Å²) in [6.45, 7) is 10.6. The zero-order valence-corrected chi connectivity index (χ0v) is 16.2. The lowest BCUT2D eigenvalue weighted by molar-refractivity contribution is 0.117. The molecule has 1 aromatic carbocycles. The third-order valence-electron chi connectivity index (χ3n) is 5.27. The minimum Gasteiger partial charge on any atom is -0.304 e. The van der Waals surface area contributed by atoms with E-state index in [0.29, 0.717) is 0 Å². The summed E-state index contributed by atoms with van der Waals surface area (Å²) in [7, 11) is 2.17. The van der Waals surface area contributed by atoms with Crippen molar-refractivity contribution in [2.75, 3.05) is 33.2 Å². The Bertz CT molecular complexity index is 688. The van der Waals surface area contributed by atoms with Gasteiger partial charge in [-0.15, -0.1) is 5.10 Å². The van der Waals surface area contributed by atoms with Crippen LogP contribution in [-0.4, -0.2) is 63.2 Å². The van der Waals surface area contributed by atoms with Crippen LogP contribution >= 0.6 is 11.6 Å². The summed E-state index contributed by atoms with van der Waals surface area (Å²) < 4.78 is 1.99. The van der Waals surface area contributed by atoms with Crippen LogP contribution in [-0.2, 0) is 5.54 Å². The predicted octanol–water partition coefficient (Wildman–Crippen LogP) is 2.81. The molecule has 0 spiro atoms. The number of rotatable bonds is 5. The highest BCUT2D eigenvalue weighted by Crippen LogP contribution is 2.31. The average Bonchev–Trinajstić information content (AvgIpc) is 3.09. The molecule has 1 aliphatic heterocycles. The van der Waals surface area contributed by atoms with Crippen molar-refractivity contribution in [3.8, 4) is 0 Å². The molecule has 3 rings (SSSR count). The van der Waals surface area contributed by atoms with E-state index in [1.165, 1.54) is 5.56 Å². The van der Waals surface area contributed by atoms with E-state index in [2.05, 4.69) is 65.3 Å². The minimum absolute atomic E-state index is 0.0341. The highest BCUT2D eigenvalue weighted by molar-refractivity contribution is 6.30. The van der Waals surface area contributed by atoms with Gasteiger partial charge in [-0.25, -0.2) is 4.68 Å². The fraction of sp³-hybridized carbons (Fsp3) is 0.611. The largest absolute Gasteiger partial charge is 0.304 e. The summed E-state index contributed by atoms with van der Waals surface area (Å²) in [6, 6.07) is 8.09. The molecule has 1 aliphatic rings. The monoisotopic (exact) mass is 362 g/mol. The third-order valence-corrected chi connectivity index (χ3v) is 5.52. The van der Waals surface area contributed by atoms with Crippen molar-refractivity contribution in [2.24, 2.45) is 0 Å². The van der Waals surface area contributed by atoms with Gasteiger partial charge >= 0.3 is 0 Å². The van der Waals surface area contributed by atoms with Crippen LogP contribution in [0, 0.1) is 0 Å². The number of hydrogen-bond acceptors (Lipinski definition) is 5. The van der Waals surface area contributed by atoms with Crippen molar-refractivity contribution >= 4 is 11.6 Å². The summed E-state index contributed by atoms with van der Waals surface area (Å²) in [5, 5.41) is 13.5. The highest BCUT2D eigenvalue weighted by atomic mass is 35.5. The first-order valence-corrected chi connectivity index (χ1v) is 9.27. The molecule has 136 valence electrons. The molecular weight excluding hydrogens is 336 g/mol. The molecule has 1 atom stereocenters. The second-order valence-corrected chi connectivity index (χ2v) is 7.84. The number of tetrazole rings is 1. The summed E-state index contributed by atoms with van der Waals surface area (Å²) in [5.41, 5.74) is 1.05. The maximum absolute atomic E-state index is 6.11. The van der Waals surface area contributed by atoms with Gasteiger partial charge in [0.25, 0.3) is 0 Å². The molecule has 0 bridgehead atoms. The summed E-state index contributed by atoms with van der Waals surface area (Å²) in [5.74, 6) is 0.902. The van der Waals surface area contributed by atoms with E-state index < -0.39 is 0 Å². The maximum Gasteiger partial charge on any atom is 0.173 e. The summed E-state index contributed by atoms with van der Waals surface area (Å²) in [6.07, 6.45) is 0.959. The topological polar surface area (TPSA) is 50.1 Å². The second-order valence-electron chi connectivity index (χ2n) is 7.41. The quantitative estimate of drug-likeness (QED) is 0.818. The van der Waals surface area contributed by atoms with Gasteiger partial charge in [0.15, 0.2) is 5.82 Å². The number of piperazine rings is 1. The minimum atomic E-state index is -0.129. The van der Waals surface area contributed by atoms with Crippen molar-refractivity contribution in [3.63, 3.8) is 0 Å². The molecular formula is C18H27ClN6. The Morgan fingerprint density at radius 1 is 1.12 bits per heavy atom. The Morgan fingerprint density at radius 3 is 2.36 bits per heavy atom. The van der Waals surface area contributed by atoms with Gasteiger partial charge in [0.05, 0.1) is 11.6 Å². The van der Waals surface area contributed by atoms with E-state index in [9.17, 15) is 0 Å². The molecule has 1 fully saturated rings. The van der Waals surface area contributed by atoms with Crippen molar-refractivity contribution in [1.29, 1.82) is 0 Å². The first-order valence-electron chi connectivity index (χ1n) is 8.89. The van der Waals surface area contributed by atoms with Crippen molar-refractivity contribution < 1.29 is 0 Å². The van der Waals surface area contributed by atoms with Gasteiger partial charge in [0.2, 0.25) is 0 Å². The molecule has 0 aliphatic carbocycles. The zero-order chi connectivity index (χ0) is 18.0. The number of nitrogens with zero attached hydrogens (tertiary/aromatic N) is 6. The maximum atomic E-state index is 6.11. The third kappa shape index (κ3) is 3.86. The van der Waals surface area contributed by atoms with E-state index in [1.54, 1.807) is 0 Å². The molecule has 0 N–H and O–H groups in total. The Labute approximate surface area is 154 Å². The van der Waals surface area contributed by atoms with Gasteiger partial charge in [-0.3, -0.25) is 4.90 Å². The van der Waals surface area contributed by atoms with Crippen LogP contribution in [0.15, 0.2) is 24.3 Å². The van der Waals surface area contributed by atoms with Gasteiger partial charge in [0, 0.05) is 31.2 Å². The van der Waals surface area contributed by atoms with E-state index in [1.807, 2.05) is 16.8 Å². The standard InChI is InChI=1S/C18H27ClN6/c1-5-18(2,3)25-17(20-21-22-25)16(14-6-8-15(19)9-7-14)24-12-10-23(4)11-13-24/h6-9,16H,5,10-13H2,1-4H3/t16-/m0/s1. The average molecular weight is 363 g/mol. The Hall–Kier alpha value is -1.50. The van der Waals surface area contributed by atoms with Crippen LogP contribution in [0.1, 0.15) is 44.6 Å². The zero-order valence-electron chi connectivity index (χ0n) is 15.5. The second kappa shape index (κ2) is 7.40. The number of likely N-dealkylation sites (N-methyl/N-ethyl adjacent to an activating group) is 1. The van der Waals surface area contributed by atoms with E-state index >= 15 is 0 Å². The van der Waals surface area contributed by atoms with Crippen LogP contribution < -0.4 is 0 Å². The fourth-order valence-electron chi connectivity index (χ4n) is 3.19. The molecule has 2 heterocycles. The molecule has 0 saturated carbocycles. The van der Waals surface area contributed by atoms with Crippen LogP contribution in [0.4, 0.5) is 0 Å².